The van der Waals surface area contributed by atoms with E-state index < -0.39 is 0 Å². The van der Waals surface area contributed by atoms with Crippen molar-refractivity contribution in [3.05, 3.63) is 46.5 Å². The van der Waals surface area contributed by atoms with Crippen molar-refractivity contribution in [3.8, 4) is 11.4 Å². The molecule has 3 aromatic rings. The Morgan fingerprint density at radius 3 is 2.58 bits per heavy atom. The first-order chi connectivity index (χ1) is 9.04. The summed E-state index contributed by atoms with van der Waals surface area (Å²) in [6, 6.07) is 9.73. The van der Waals surface area contributed by atoms with E-state index >= 15 is 0 Å². The molecule has 3 nitrogen and oxygen atoms in total. The molecular weight excluding hydrogens is 258 g/mol. The van der Waals surface area contributed by atoms with Gasteiger partial charge in [-0.15, -0.1) is 0 Å². The van der Waals surface area contributed by atoms with E-state index in [-0.39, 0.29) is 0 Å². The standard InChI is InChI=1S/C15H14ClN3/c1-8-5-13-14(6-9(8)2)19-15(18-13)10-3-4-12(17)11(16)7-10/h3-7H,17H2,1-2H3,(H,18,19). The quantitative estimate of drug-likeness (QED) is 0.655. The summed E-state index contributed by atoms with van der Waals surface area (Å²) in [5.74, 6) is 0.807. The van der Waals surface area contributed by atoms with Gasteiger partial charge in [-0.1, -0.05) is 11.6 Å². The van der Waals surface area contributed by atoms with Crippen LogP contribution in [-0.4, -0.2) is 9.97 Å². The van der Waals surface area contributed by atoms with Gasteiger partial charge in [0.1, 0.15) is 5.82 Å². The van der Waals surface area contributed by atoms with E-state index in [0.29, 0.717) is 10.7 Å². The number of aromatic amines is 1. The molecule has 96 valence electrons. The lowest BCUT2D eigenvalue weighted by molar-refractivity contribution is 1.34. The summed E-state index contributed by atoms with van der Waals surface area (Å²) in [6.07, 6.45) is 0. The van der Waals surface area contributed by atoms with Crippen molar-refractivity contribution in [2.45, 2.75) is 13.8 Å². The number of H-pyrrole nitrogens is 1. The molecule has 0 amide bonds. The second kappa shape index (κ2) is 4.28. The summed E-state index contributed by atoms with van der Waals surface area (Å²) in [7, 11) is 0. The van der Waals surface area contributed by atoms with Crippen LogP contribution < -0.4 is 5.73 Å². The zero-order valence-corrected chi connectivity index (χ0v) is 11.5. The van der Waals surface area contributed by atoms with Crippen LogP contribution in [0.3, 0.4) is 0 Å². The van der Waals surface area contributed by atoms with E-state index in [1.807, 2.05) is 12.1 Å². The summed E-state index contributed by atoms with van der Waals surface area (Å²) < 4.78 is 0. The van der Waals surface area contributed by atoms with Crippen molar-refractivity contribution in [3.63, 3.8) is 0 Å². The van der Waals surface area contributed by atoms with Crippen LogP contribution in [-0.2, 0) is 0 Å². The van der Waals surface area contributed by atoms with Crippen molar-refractivity contribution in [1.29, 1.82) is 0 Å². The van der Waals surface area contributed by atoms with Crippen LogP contribution in [0.15, 0.2) is 30.3 Å². The Kier molecular flexibility index (Phi) is 2.72. The third kappa shape index (κ3) is 2.06. The summed E-state index contributed by atoms with van der Waals surface area (Å²) in [5, 5.41) is 0.547. The van der Waals surface area contributed by atoms with Gasteiger partial charge in [0.25, 0.3) is 0 Å². The van der Waals surface area contributed by atoms with Gasteiger partial charge in [0.05, 0.1) is 21.7 Å². The topological polar surface area (TPSA) is 54.7 Å². The number of nitrogen functional groups attached to an aromatic ring is 1. The summed E-state index contributed by atoms with van der Waals surface area (Å²) in [6.45, 7) is 4.18. The van der Waals surface area contributed by atoms with Crippen molar-refractivity contribution in [2.24, 2.45) is 0 Å². The minimum Gasteiger partial charge on any atom is -0.398 e. The molecule has 3 N–H and O–H groups in total. The van der Waals surface area contributed by atoms with E-state index in [4.69, 9.17) is 17.3 Å². The fourth-order valence-electron chi connectivity index (χ4n) is 2.08. The predicted molar refractivity (Wildman–Crippen MR) is 80.4 cm³/mol. The molecule has 0 saturated heterocycles. The van der Waals surface area contributed by atoms with E-state index in [0.717, 1.165) is 22.4 Å². The molecule has 3 rings (SSSR count). The monoisotopic (exact) mass is 271 g/mol. The Morgan fingerprint density at radius 1 is 1.11 bits per heavy atom. The molecule has 2 aromatic carbocycles. The number of anilines is 1. The van der Waals surface area contributed by atoms with Gasteiger partial charge in [-0.3, -0.25) is 0 Å². The minimum atomic E-state index is 0.547. The number of aromatic nitrogens is 2. The van der Waals surface area contributed by atoms with Crippen LogP contribution >= 0.6 is 11.6 Å². The molecule has 19 heavy (non-hydrogen) atoms. The third-order valence-electron chi connectivity index (χ3n) is 3.37. The van der Waals surface area contributed by atoms with Gasteiger partial charge in [-0.05, 0) is 55.3 Å². The lowest BCUT2D eigenvalue weighted by Gasteiger charge is -2.00. The molecule has 0 aliphatic carbocycles. The number of hydrogen-bond acceptors (Lipinski definition) is 2. The highest BCUT2D eigenvalue weighted by atomic mass is 35.5. The van der Waals surface area contributed by atoms with Crippen molar-refractivity contribution in [2.75, 3.05) is 5.73 Å². The van der Waals surface area contributed by atoms with E-state index in [9.17, 15) is 0 Å². The number of nitrogens with two attached hydrogens (primary N) is 1. The molecule has 1 heterocycles. The molecular formula is C15H14ClN3. The Balaban J connectivity index is 2.17. The fraction of sp³-hybridized carbons (Fsp3) is 0.133. The number of halogens is 1. The lowest BCUT2D eigenvalue weighted by atomic mass is 10.1. The highest BCUT2D eigenvalue weighted by Gasteiger charge is 2.08. The maximum Gasteiger partial charge on any atom is 0.138 e. The van der Waals surface area contributed by atoms with Crippen LogP contribution in [0.5, 0.6) is 0 Å². The number of hydrogen-bond donors (Lipinski definition) is 2. The normalized spacial score (nSPS) is 11.1. The number of aryl methyl sites for hydroxylation is 2. The molecule has 0 atom stereocenters. The maximum absolute atomic E-state index is 6.05. The van der Waals surface area contributed by atoms with Crippen molar-refractivity contribution in [1.82, 2.24) is 9.97 Å². The van der Waals surface area contributed by atoms with Gasteiger partial charge in [-0.25, -0.2) is 4.98 Å². The molecule has 1 aromatic heterocycles. The Hall–Kier alpha value is -2.00. The Labute approximate surface area is 116 Å². The molecule has 0 aliphatic rings. The molecule has 0 aliphatic heterocycles. The molecule has 4 heteroatoms. The van der Waals surface area contributed by atoms with Crippen molar-refractivity contribution >= 4 is 28.3 Å². The summed E-state index contributed by atoms with van der Waals surface area (Å²) in [5.41, 5.74) is 11.7. The zero-order valence-electron chi connectivity index (χ0n) is 10.8. The molecule has 0 saturated carbocycles. The van der Waals surface area contributed by atoms with E-state index in [2.05, 4.69) is 35.9 Å². The number of nitrogens with one attached hydrogen (secondary N) is 1. The lowest BCUT2D eigenvalue weighted by Crippen LogP contribution is -1.87. The van der Waals surface area contributed by atoms with Gasteiger partial charge in [0, 0.05) is 5.56 Å². The first-order valence-corrected chi connectivity index (χ1v) is 6.45. The highest BCUT2D eigenvalue weighted by molar-refractivity contribution is 6.33. The molecule has 0 radical (unpaired) electrons. The first kappa shape index (κ1) is 12.1. The summed E-state index contributed by atoms with van der Waals surface area (Å²) in [4.78, 5) is 7.92. The maximum atomic E-state index is 6.05. The van der Waals surface area contributed by atoms with Crippen LogP contribution in [0.4, 0.5) is 5.69 Å². The molecule has 0 bridgehead atoms. The van der Waals surface area contributed by atoms with Crippen LogP contribution in [0.1, 0.15) is 11.1 Å². The van der Waals surface area contributed by atoms with Crippen LogP contribution in [0.2, 0.25) is 5.02 Å². The average molecular weight is 272 g/mol. The SMILES string of the molecule is Cc1cc2nc(-c3ccc(N)c(Cl)c3)[nH]c2cc1C. The minimum absolute atomic E-state index is 0.547. The number of rotatable bonds is 1. The predicted octanol–water partition coefficient (Wildman–Crippen LogP) is 4.08. The Bertz CT molecular complexity index is 735. The van der Waals surface area contributed by atoms with Gasteiger partial charge in [0.15, 0.2) is 0 Å². The second-order valence-corrected chi connectivity index (χ2v) is 5.18. The number of benzene rings is 2. The largest absolute Gasteiger partial charge is 0.398 e. The number of imidazole rings is 1. The molecule has 0 spiro atoms. The number of fused-ring (bicyclic) bond motifs is 1. The van der Waals surface area contributed by atoms with E-state index in [1.165, 1.54) is 11.1 Å². The molecule has 0 fully saturated rings. The van der Waals surface area contributed by atoms with Gasteiger partial charge in [0.2, 0.25) is 0 Å². The summed E-state index contributed by atoms with van der Waals surface area (Å²) >= 11 is 6.05. The average Bonchev–Trinajstić information content (AvgIpc) is 2.76. The number of nitrogens with zero attached hydrogens (tertiary/aromatic N) is 1. The van der Waals surface area contributed by atoms with Gasteiger partial charge < -0.3 is 10.7 Å². The van der Waals surface area contributed by atoms with Crippen LogP contribution in [0, 0.1) is 13.8 Å². The second-order valence-electron chi connectivity index (χ2n) is 4.78. The molecule has 0 unspecified atom stereocenters. The van der Waals surface area contributed by atoms with Crippen LogP contribution in [0.25, 0.3) is 22.4 Å². The van der Waals surface area contributed by atoms with Crippen molar-refractivity contribution < 1.29 is 0 Å². The zero-order chi connectivity index (χ0) is 13.6. The Morgan fingerprint density at radius 2 is 1.84 bits per heavy atom. The fourth-order valence-corrected chi connectivity index (χ4v) is 2.26. The third-order valence-corrected chi connectivity index (χ3v) is 3.70. The van der Waals surface area contributed by atoms with Gasteiger partial charge in [-0.2, -0.15) is 0 Å². The van der Waals surface area contributed by atoms with Gasteiger partial charge >= 0.3 is 0 Å². The highest BCUT2D eigenvalue weighted by Crippen LogP contribution is 2.27. The smallest absolute Gasteiger partial charge is 0.138 e. The first-order valence-electron chi connectivity index (χ1n) is 6.07. The van der Waals surface area contributed by atoms with E-state index in [1.54, 1.807) is 6.07 Å².